The summed E-state index contributed by atoms with van der Waals surface area (Å²) in [7, 11) is 0. The SMILES string of the molecule is CCCOc1ccc(C2C3=C(OC4CCCCC4C3=O)C(=O)N2c2ccc(C)cn2)cc1. The number of fused-ring (bicyclic) bond motifs is 1. The molecule has 1 aromatic heterocycles. The molecule has 0 radical (unpaired) electrons. The lowest BCUT2D eigenvalue weighted by molar-refractivity contribution is -0.131. The maximum Gasteiger partial charge on any atom is 0.295 e. The fourth-order valence-corrected chi connectivity index (χ4v) is 4.97. The van der Waals surface area contributed by atoms with E-state index in [2.05, 4.69) is 11.9 Å². The number of benzene rings is 1. The molecule has 3 unspecified atom stereocenters. The van der Waals surface area contributed by atoms with Gasteiger partial charge in [-0.3, -0.25) is 14.5 Å². The minimum absolute atomic E-state index is 0.0511. The number of carbonyl (C=O) groups excluding carboxylic acids is 2. The average Bonchev–Trinajstić information content (AvgIpc) is 3.11. The van der Waals surface area contributed by atoms with Gasteiger partial charge in [-0.15, -0.1) is 0 Å². The van der Waals surface area contributed by atoms with Gasteiger partial charge in [0.1, 0.15) is 17.7 Å². The van der Waals surface area contributed by atoms with E-state index in [1.165, 1.54) is 0 Å². The zero-order valence-electron chi connectivity index (χ0n) is 18.5. The van der Waals surface area contributed by atoms with E-state index in [4.69, 9.17) is 9.47 Å². The fraction of sp³-hybridized carbons (Fsp3) is 0.423. The van der Waals surface area contributed by atoms with Crippen molar-refractivity contribution in [1.82, 2.24) is 4.98 Å². The minimum Gasteiger partial charge on any atom is -0.494 e. The number of aryl methyl sites for hydroxylation is 1. The molecule has 1 amide bonds. The van der Waals surface area contributed by atoms with Crippen LogP contribution in [-0.4, -0.2) is 29.4 Å². The van der Waals surface area contributed by atoms with Crippen molar-refractivity contribution in [2.45, 2.75) is 58.1 Å². The number of rotatable bonds is 5. The Bertz CT molecular complexity index is 1060. The van der Waals surface area contributed by atoms with Crippen LogP contribution in [-0.2, 0) is 14.3 Å². The highest BCUT2D eigenvalue weighted by molar-refractivity contribution is 6.17. The van der Waals surface area contributed by atoms with Gasteiger partial charge in [-0.25, -0.2) is 4.98 Å². The second-order valence-corrected chi connectivity index (χ2v) is 8.84. The van der Waals surface area contributed by atoms with Crippen molar-refractivity contribution in [2.75, 3.05) is 11.5 Å². The number of Topliss-reactive ketones (excluding diaryl/α,β-unsaturated/α-hetero) is 1. The van der Waals surface area contributed by atoms with Gasteiger partial charge in [-0.05, 0) is 61.9 Å². The van der Waals surface area contributed by atoms with Crippen molar-refractivity contribution in [2.24, 2.45) is 5.92 Å². The Kier molecular flexibility index (Phi) is 5.45. The molecule has 2 aromatic rings. The van der Waals surface area contributed by atoms with Gasteiger partial charge in [0.15, 0.2) is 11.5 Å². The first-order valence-corrected chi connectivity index (χ1v) is 11.5. The normalized spacial score (nSPS) is 24.8. The average molecular weight is 433 g/mol. The van der Waals surface area contributed by atoms with Gasteiger partial charge in [-0.1, -0.05) is 31.5 Å². The Morgan fingerprint density at radius 1 is 1.09 bits per heavy atom. The maximum atomic E-state index is 13.6. The van der Waals surface area contributed by atoms with Gasteiger partial charge >= 0.3 is 0 Å². The number of pyridine rings is 1. The van der Waals surface area contributed by atoms with Gasteiger partial charge in [0.05, 0.1) is 24.1 Å². The molecule has 0 N–H and O–H groups in total. The molecule has 1 saturated carbocycles. The number of hydrogen-bond donors (Lipinski definition) is 0. The highest BCUT2D eigenvalue weighted by atomic mass is 16.5. The molecular formula is C26H28N2O4. The molecule has 1 aliphatic carbocycles. The summed E-state index contributed by atoms with van der Waals surface area (Å²) >= 11 is 0. The molecule has 1 aromatic carbocycles. The molecule has 0 saturated heterocycles. The van der Waals surface area contributed by atoms with Crippen LogP contribution >= 0.6 is 0 Å². The summed E-state index contributed by atoms with van der Waals surface area (Å²) in [5.74, 6) is 1.09. The number of hydrogen-bond acceptors (Lipinski definition) is 5. The lowest BCUT2D eigenvalue weighted by atomic mass is 9.77. The second-order valence-electron chi connectivity index (χ2n) is 8.84. The van der Waals surface area contributed by atoms with Crippen LogP contribution in [0.4, 0.5) is 5.82 Å². The van der Waals surface area contributed by atoms with Crippen LogP contribution in [0.2, 0.25) is 0 Å². The van der Waals surface area contributed by atoms with Crippen LogP contribution in [0, 0.1) is 12.8 Å². The summed E-state index contributed by atoms with van der Waals surface area (Å²) in [4.78, 5) is 33.3. The molecule has 3 aliphatic rings. The first kappa shape index (κ1) is 20.7. The predicted octanol–water partition coefficient (Wildman–Crippen LogP) is 4.68. The highest BCUT2D eigenvalue weighted by Gasteiger charge is 2.52. The molecule has 6 heteroatoms. The Morgan fingerprint density at radius 2 is 1.88 bits per heavy atom. The zero-order valence-corrected chi connectivity index (χ0v) is 18.5. The Hall–Kier alpha value is -3.15. The highest BCUT2D eigenvalue weighted by Crippen LogP contribution is 2.48. The van der Waals surface area contributed by atoms with Crippen molar-refractivity contribution in [3.8, 4) is 5.75 Å². The number of aromatic nitrogens is 1. The molecule has 2 aliphatic heterocycles. The van der Waals surface area contributed by atoms with E-state index in [9.17, 15) is 9.59 Å². The molecule has 0 spiro atoms. The smallest absolute Gasteiger partial charge is 0.295 e. The van der Waals surface area contributed by atoms with E-state index in [1.54, 1.807) is 11.1 Å². The number of amides is 1. The third-order valence-corrected chi connectivity index (χ3v) is 6.57. The fourth-order valence-electron chi connectivity index (χ4n) is 4.97. The molecule has 0 bridgehead atoms. The summed E-state index contributed by atoms with van der Waals surface area (Å²) in [6.45, 7) is 4.66. The molecule has 1 fully saturated rings. The largest absolute Gasteiger partial charge is 0.494 e. The van der Waals surface area contributed by atoms with E-state index < -0.39 is 6.04 Å². The summed E-state index contributed by atoms with van der Waals surface area (Å²) in [6, 6.07) is 10.9. The maximum absolute atomic E-state index is 13.6. The topological polar surface area (TPSA) is 68.7 Å². The summed E-state index contributed by atoms with van der Waals surface area (Å²) in [5, 5.41) is 0. The monoisotopic (exact) mass is 432 g/mol. The molecular weight excluding hydrogens is 404 g/mol. The molecule has 3 heterocycles. The van der Waals surface area contributed by atoms with Crippen LogP contribution in [0.5, 0.6) is 5.75 Å². The van der Waals surface area contributed by atoms with Crippen LogP contribution in [0.25, 0.3) is 0 Å². The predicted molar refractivity (Wildman–Crippen MR) is 120 cm³/mol. The molecule has 166 valence electrons. The number of ether oxygens (including phenoxy) is 2. The number of nitrogens with zero attached hydrogens (tertiary/aromatic N) is 2. The Balaban J connectivity index is 1.58. The number of ketones is 1. The van der Waals surface area contributed by atoms with Crippen molar-refractivity contribution < 1.29 is 19.1 Å². The van der Waals surface area contributed by atoms with Crippen LogP contribution in [0.15, 0.2) is 53.9 Å². The zero-order chi connectivity index (χ0) is 22.2. The second kappa shape index (κ2) is 8.41. The quantitative estimate of drug-likeness (QED) is 0.686. The third-order valence-electron chi connectivity index (χ3n) is 6.57. The van der Waals surface area contributed by atoms with Gasteiger partial charge in [0, 0.05) is 6.20 Å². The van der Waals surface area contributed by atoms with Crippen molar-refractivity contribution in [3.05, 3.63) is 65.1 Å². The van der Waals surface area contributed by atoms with Crippen molar-refractivity contribution in [3.63, 3.8) is 0 Å². The minimum atomic E-state index is -0.552. The summed E-state index contributed by atoms with van der Waals surface area (Å²) in [5.41, 5.74) is 2.33. The third kappa shape index (κ3) is 3.48. The first-order chi connectivity index (χ1) is 15.6. The van der Waals surface area contributed by atoms with Gasteiger partial charge < -0.3 is 9.47 Å². The van der Waals surface area contributed by atoms with Crippen molar-refractivity contribution in [1.29, 1.82) is 0 Å². The number of anilines is 1. The van der Waals surface area contributed by atoms with Crippen LogP contribution in [0.3, 0.4) is 0 Å². The lowest BCUT2D eigenvalue weighted by Gasteiger charge is -2.35. The van der Waals surface area contributed by atoms with Gasteiger partial charge in [0.2, 0.25) is 0 Å². The van der Waals surface area contributed by atoms with E-state index in [1.807, 2.05) is 43.3 Å². The van der Waals surface area contributed by atoms with E-state index in [0.717, 1.165) is 49.0 Å². The van der Waals surface area contributed by atoms with Gasteiger partial charge in [0.25, 0.3) is 5.91 Å². The Morgan fingerprint density at radius 3 is 2.59 bits per heavy atom. The number of carbonyl (C=O) groups is 2. The Labute approximate surface area is 188 Å². The lowest BCUT2D eigenvalue weighted by Crippen LogP contribution is -2.39. The van der Waals surface area contributed by atoms with Gasteiger partial charge in [-0.2, -0.15) is 0 Å². The molecule has 32 heavy (non-hydrogen) atoms. The van der Waals surface area contributed by atoms with Crippen molar-refractivity contribution >= 4 is 17.5 Å². The molecule has 6 nitrogen and oxygen atoms in total. The molecule has 3 atom stereocenters. The van der Waals surface area contributed by atoms with Crippen LogP contribution < -0.4 is 9.64 Å². The van der Waals surface area contributed by atoms with Crippen LogP contribution in [0.1, 0.15) is 56.2 Å². The summed E-state index contributed by atoms with van der Waals surface area (Å²) < 4.78 is 11.9. The first-order valence-electron chi connectivity index (χ1n) is 11.5. The summed E-state index contributed by atoms with van der Waals surface area (Å²) in [6.07, 6.45) is 6.14. The standard InChI is InChI=1S/C26H28N2O4/c1-3-14-31-18-11-9-17(10-12-18)23-22-24(29)19-6-4-5-7-20(19)32-25(22)26(30)28(23)21-13-8-16(2)15-27-21/h8-13,15,19-20,23H,3-7,14H2,1-2H3. The van der Waals surface area contributed by atoms with E-state index in [-0.39, 0.29) is 29.5 Å². The molecule has 5 rings (SSSR count). The van der Waals surface area contributed by atoms with E-state index in [0.29, 0.717) is 18.0 Å². The van der Waals surface area contributed by atoms with E-state index >= 15 is 0 Å².